The van der Waals surface area contributed by atoms with E-state index >= 15 is 0 Å². The number of carbonyl (C=O) groups excluding carboxylic acids is 3. The first-order chi connectivity index (χ1) is 25.6. The third-order valence-corrected chi connectivity index (χ3v) is 9.39. The minimum absolute atomic E-state index is 0.148. The molecule has 3 aromatic rings. The number of nitrogens with zero attached hydrogens (tertiary/aromatic N) is 1. The molecule has 0 radical (unpaired) electrons. The maximum absolute atomic E-state index is 13.3. The molecule has 0 unspecified atom stereocenters. The van der Waals surface area contributed by atoms with Gasteiger partial charge in [0.1, 0.15) is 5.75 Å². The summed E-state index contributed by atoms with van der Waals surface area (Å²) in [6, 6.07) is 9.70. The van der Waals surface area contributed by atoms with E-state index in [1.807, 2.05) is 0 Å². The molecular formula is C43H58ClNO8. The van der Waals surface area contributed by atoms with Gasteiger partial charge in [-0.05, 0) is 55.3 Å². The van der Waals surface area contributed by atoms with Crippen molar-refractivity contribution in [3.63, 3.8) is 0 Å². The van der Waals surface area contributed by atoms with Crippen molar-refractivity contribution < 1.29 is 38.5 Å². The van der Waals surface area contributed by atoms with Crippen molar-refractivity contribution in [2.75, 3.05) is 7.11 Å². The van der Waals surface area contributed by atoms with Gasteiger partial charge in [-0.15, -0.1) is 0 Å². The zero-order chi connectivity index (χ0) is 39.0. The van der Waals surface area contributed by atoms with Gasteiger partial charge in [-0.1, -0.05) is 122 Å². The molecule has 0 fully saturated rings. The van der Waals surface area contributed by atoms with Crippen molar-refractivity contribution in [3.8, 4) is 5.75 Å². The molecule has 2 aromatic carbocycles. The van der Waals surface area contributed by atoms with Gasteiger partial charge in [0.25, 0.3) is 5.91 Å². The Morgan fingerprint density at radius 1 is 0.717 bits per heavy atom. The van der Waals surface area contributed by atoms with Crippen LogP contribution in [0.5, 0.6) is 5.75 Å². The van der Waals surface area contributed by atoms with E-state index in [0.29, 0.717) is 50.5 Å². The van der Waals surface area contributed by atoms with E-state index in [1.54, 1.807) is 43.3 Å². The van der Waals surface area contributed by atoms with Crippen LogP contribution in [0.1, 0.15) is 137 Å². The molecule has 0 spiro atoms. The minimum Gasteiger partial charge on any atom is -0.496 e. The normalized spacial score (nSPS) is 10.6. The first-order valence-corrected chi connectivity index (χ1v) is 19.3. The van der Waals surface area contributed by atoms with Gasteiger partial charge in [-0.3, -0.25) is 23.7 Å². The van der Waals surface area contributed by atoms with Crippen LogP contribution in [0.15, 0.2) is 62.1 Å². The molecule has 0 aliphatic rings. The molecule has 1 aromatic heterocycles. The molecule has 1 N–H and O–H groups in total. The topological polar surface area (TPSA) is 121 Å². The van der Waals surface area contributed by atoms with E-state index in [-0.39, 0.29) is 24.7 Å². The smallest absolute Gasteiger partial charge is 0.315 e. The van der Waals surface area contributed by atoms with Crippen LogP contribution in [0, 0.1) is 6.92 Å². The highest BCUT2D eigenvalue weighted by molar-refractivity contribution is 6.30. The van der Waals surface area contributed by atoms with Crippen LogP contribution in [-0.4, -0.2) is 40.6 Å². The lowest BCUT2D eigenvalue weighted by Crippen LogP contribution is -2.14. The molecule has 10 heteroatoms. The Morgan fingerprint density at radius 3 is 1.72 bits per heavy atom. The number of aromatic nitrogens is 1. The van der Waals surface area contributed by atoms with Gasteiger partial charge in [-0.25, -0.2) is 0 Å². The molecule has 0 aliphatic carbocycles. The number of fused-ring (bicyclic) bond motifs is 1. The van der Waals surface area contributed by atoms with Crippen LogP contribution in [0.25, 0.3) is 10.9 Å². The number of unbranched alkanes of at least 4 members (excludes halogenated alkanes) is 14. The van der Waals surface area contributed by atoms with Crippen molar-refractivity contribution >= 4 is 46.3 Å². The monoisotopic (exact) mass is 751 g/mol. The lowest BCUT2D eigenvalue weighted by atomic mass is 9.99. The Balaban J connectivity index is 0.000000392. The van der Waals surface area contributed by atoms with Gasteiger partial charge in [0.05, 0.1) is 38.0 Å². The Morgan fingerprint density at radius 2 is 1.23 bits per heavy atom. The molecule has 0 saturated heterocycles. The number of esters is 2. The fourth-order valence-electron chi connectivity index (χ4n) is 6.42. The molecule has 0 amide bonds. The highest BCUT2D eigenvalue weighted by Gasteiger charge is 2.26. The van der Waals surface area contributed by atoms with Crippen LogP contribution in [0.3, 0.4) is 0 Å². The molecule has 0 atom stereocenters. The van der Waals surface area contributed by atoms with Gasteiger partial charge < -0.3 is 19.3 Å². The van der Waals surface area contributed by atoms with Crippen LogP contribution in [-0.2, 0) is 36.7 Å². The summed E-state index contributed by atoms with van der Waals surface area (Å²) in [6.07, 6.45) is 22.4. The van der Waals surface area contributed by atoms with Crippen molar-refractivity contribution in [3.05, 3.63) is 89.5 Å². The second-order valence-electron chi connectivity index (χ2n) is 13.1. The van der Waals surface area contributed by atoms with E-state index in [2.05, 4.69) is 24.8 Å². The van der Waals surface area contributed by atoms with Crippen LogP contribution >= 0.6 is 11.6 Å². The number of aliphatic carboxylic acids is 1. The number of rotatable bonds is 24. The van der Waals surface area contributed by atoms with E-state index in [4.69, 9.17) is 21.1 Å². The second-order valence-corrected chi connectivity index (χ2v) is 13.5. The standard InChI is InChI=1S/C23H20ClNO6.C20H38O2/c1-4-31-21(28)12-17-19(30-3)10-9-18-22(17)16(11-20(26)27)13(2)25(18)23(29)14-5-7-15(24)8-6-14;1-3-5-6-7-8-9-10-11-12-13-14-15-16-17-18-19-20(21)22-4-2/h4-10H,1,11-12H2,2-3H3,(H,26,27);4H,2-3,5-19H2,1H3. The summed E-state index contributed by atoms with van der Waals surface area (Å²) in [6.45, 7) is 10.7. The van der Waals surface area contributed by atoms with Gasteiger partial charge >= 0.3 is 17.9 Å². The van der Waals surface area contributed by atoms with E-state index in [9.17, 15) is 24.3 Å². The largest absolute Gasteiger partial charge is 0.496 e. The van der Waals surface area contributed by atoms with E-state index in [1.165, 1.54) is 101 Å². The first-order valence-electron chi connectivity index (χ1n) is 18.9. The van der Waals surface area contributed by atoms with Gasteiger partial charge in [-0.2, -0.15) is 0 Å². The molecule has 3 rings (SSSR count). The summed E-state index contributed by atoms with van der Waals surface area (Å²) in [7, 11) is 1.45. The van der Waals surface area contributed by atoms with E-state index in [0.717, 1.165) is 19.1 Å². The molecule has 0 saturated carbocycles. The molecule has 290 valence electrons. The lowest BCUT2D eigenvalue weighted by molar-refractivity contribution is -0.138. The number of methoxy groups -OCH3 is 1. The molecular weight excluding hydrogens is 694 g/mol. The number of carboxylic acid groups (broad SMARTS) is 1. The maximum atomic E-state index is 13.3. The molecule has 0 bridgehead atoms. The number of benzene rings is 2. The lowest BCUT2D eigenvalue weighted by Gasteiger charge is -2.11. The Kier molecular flexibility index (Phi) is 21.6. The number of carbonyl (C=O) groups is 4. The van der Waals surface area contributed by atoms with Gasteiger partial charge in [0.2, 0.25) is 0 Å². The fourth-order valence-corrected chi connectivity index (χ4v) is 6.55. The molecule has 53 heavy (non-hydrogen) atoms. The number of hydrogen-bond donors (Lipinski definition) is 1. The van der Waals surface area contributed by atoms with Crippen LogP contribution in [0.4, 0.5) is 0 Å². The Bertz CT molecular complexity index is 1630. The molecule has 0 aliphatic heterocycles. The highest BCUT2D eigenvalue weighted by Crippen LogP contribution is 2.36. The Hall–Kier alpha value is -4.37. The van der Waals surface area contributed by atoms with Crippen molar-refractivity contribution in [1.29, 1.82) is 0 Å². The van der Waals surface area contributed by atoms with E-state index < -0.39 is 11.9 Å². The number of ether oxygens (including phenoxy) is 3. The first kappa shape index (κ1) is 44.8. The third kappa shape index (κ3) is 15.6. The summed E-state index contributed by atoms with van der Waals surface area (Å²) in [5, 5.41) is 10.5. The summed E-state index contributed by atoms with van der Waals surface area (Å²) >= 11 is 5.93. The zero-order valence-electron chi connectivity index (χ0n) is 31.9. The SMILES string of the molecule is C=COC(=O)CCCCCCCCCCCCCCCCC.C=COC(=O)Cc1c(OC)ccc2c1c(CC(=O)O)c(C)n2C(=O)c1ccc(Cl)cc1. The summed E-state index contributed by atoms with van der Waals surface area (Å²) in [5.74, 6) is -1.76. The molecule has 9 nitrogen and oxygen atoms in total. The van der Waals surface area contributed by atoms with Crippen LogP contribution < -0.4 is 4.74 Å². The van der Waals surface area contributed by atoms with Crippen molar-refractivity contribution in [1.82, 2.24) is 4.57 Å². The van der Waals surface area contributed by atoms with Gasteiger partial charge in [0.15, 0.2) is 0 Å². The highest BCUT2D eigenvalue weighted by atomic mass is 35.5. The quantitative estimate of drug-likeness (QED) is 0.0545. The average molecular weight is 752 g/mol. The van der Waals surface area contributed by atoms with Crippen LogP contribution in [0.2, 0.25) is 5.02 Å². The summed E-state index contributed by atoms with van der Waals surface area (Å²) < 4.78 is 16.4. The summed E-state index contributed by atoms with van der Waals surface area (Å²) in [5.41, 5.74) is 2.17. The second kappa shape index (κ2) is 25.6. The average Bonchev–Trinajstić information content (AvgIpc) is 3.40. The number of hydrogen-bond acceptors (Lipinski definition) is 7. The number of carboxylic acids is 1. The summed E-state index contributed by atoms with van der Waals surface area (Å²) in [4.78, 5) is 48.2. The Labute approximate surface area is 320 Å². The molecule has 1 heterocycles. The third-order valence-electron chi connectivity index (χ3n) is 9.14. The van der Waals surface area contributed by atoms with Crippen molar-refractivity contribution in [2.45, 2.75) is 129 Å². The number of halogens is 1. The predicted octanol–water partition coefficient (Wildman–Crippen LogP) is 11.1. The van der Waals surface area contributed by atoms with Gasteiger partial charge in [0, 0.05) is 33.7 Å². The fraction of sp³-hybridized carbons (Fsp3) is 0.488. The predicted molar refractivity (Wildman–Crippen MR) is 212 cm³/mol. The maximum Gasteiger partial charge on any atom is 0.315 e. The van der Waals surface area contributed by atoms with Crippen molar-refractivity contribution in [2.24, 2.45) is 0 Å². The zero-order valence-corrected chi connectivity index (χ0v) is 32.6. The minimum atomic E-state index is -1.07.